The van der Waals surface area contributed by atoms with E-state index in [9.17, 15) is 9.59 Å². The van der Waals surface area contributed by atoms with Crippen molar-refractivity contribution in [2.24, 2.45) is 5.92 Å². The van der Waals surface area contributed by atoms with Crippen LogP contribution in [0.4, 0.5) is 5.13 Å². The summed E-state index contributed by atoms with van der Waals surface area (Å²) in [4.78, 5) is 30.1. The average Bonchev–Trinajstić information content (AvgIpc) is 3.54. The molecule has 0 aliphatic carbocycles. The van der Waals surface area contributed by atoms with Gasteiger partial charge in [0.05, 0.1) is 27.5 Å². The Hall–Kier alpha value is -2.63. The summed E-state index contributed by atoms with van der Waals surface area (Å²) in [5.74, 6) is 0.240. The van der Waals surface area contributed by atoms with Gasteiger partial charge in [0.15, 0.2) is 16.1 Å². The normalized spacial score (nSPS) is 12.0. The quantitative estimate of drug-likeness (QED) is 0.181. The Labute approximate surface area is 249 Å². The van der Waals surface area contributed by atoms with Gasteiger partial charge in [-0.15, -0.1) is 21.5 Å². The molecule has 4 aromatic rings. The third-order valence-corrected chi connectivity index (χ3v) is 8.41. The van der Waals surface area contributed by atoms with E-state index in [0.29, 0.717) is 43.3 Å². The molecule has 0 radical (unpaired) electrons. The van der Waals surface area contributed by atoms with Gasteiger partial charge in [-0.1, -0.05) is 72.5 Å². The molecule has 204 valence electrons. The van der Waals surface area contributed by atoms with Gasteiger partial charge < -0.3 is 15.2 Å². The minimum Gasteiger partial charge on any atom is -0.342 e. The van der Waals surface area contributed by atoms with Crippen LogP contribution in [0.3, 0.4) is 0 Å². The fraction of sp³-hybridized carbons (Fsp3) is 0.269. The summed E-state index contributed by atoms with van der Waals surface area (Å²) in [6.45, 7) is 6.50. The number of anilines is 1. The molecular weight excluding hydrogens is 599 g/mol. The molecule has 2 heterocycles. The SMILES string of the molecule is CCn1c(SCC(=O)Nc2nc(-c3ccc(Cl)cc3)cs2)nnc1[C@H](NC(=O)c1ccc(Cl)c(Cl)c1)C(C)C. The smallest absolute Gasteiger partial charge is 0.251 e. The van der Waals surface area contributed by atoms with Gasteiger partial charge >= 0.3 is 0 Å². The monoisotopic (exact) mass is 622 g/mol. The van der Waals surface area contributed by atoms with Gasteiger partial charge in [0.1, 0.15) is 0 Å². The fourth-order valence-electron chi connectivity index (χ4n) is 3.70. The van der Waals surface area contributed by atoms with Gasteiger partial charge in [-0.05, 0) is 43.2 Å². The zero-order chi connectivity index (χ0) is 28.1. The number of aromatic nitrogens is 4. The van der Waals surface area contributed by atoms with Crippen LogP contribution in [0.25, 0.3) is 11.3 Å². The maximum atomic E-state index is 13.0. The van der Waals surface area contributed by atoms with E-state index in [-0.39, 0.29) is 23.5 Å². The molecule has 13 heteroatoms. The van der Waals surface area contributed by atoms with Gasteiger partial charge in [-0.2, -0.15) is 0 Å². The van der Waals surface area contributed by atoms with Crippen molar-refractivity contribution in [1.82, 2.24) is 25.1 Å². The van der Waals surface area contributed by atoms with Crippen molar-refractivity contribution in [2.45, 2.75) is 38.5 Å². The summed E-state index contributed by atoms with van der Waals surface area (Å²) in [5, 5.41) is 18.8. The number of rotatable bonds is 10. The van der Waals surface area contributed by atoms with Crippen LogP contribution in [0.5, 0.6) is 0 Å². The molecule has 1 atom stereocenters. The number of hydrogen-bond acceptors (Lipinski definition) is 7. The van der Waals surface area contributed by atoms with Crippen molar-refractivity contribution in [3.8, 4) is 11.3 Å². The number of benzene rings is 2. The van der Waals surface area contributed by atoms with Gasteiger partial charge in [0.2, 0.25) is 5.91 Å². The van der Waals surface area contributed by atoms with E-state index < -0.39 is 6.04 Å². The molecule has 2 aromatic heterocycles. The lowest BCUT2D eigenvalue weighted by Gasteiger charge is -2.22. The third-order valence-electron chi connectivity index (χ3n) is 5.70. The average molecular weight is 624 g/mol. The fourth-order valence-corrected chi connectivity index (χ4v) is 5.66. The van der Waals surface area contributed by atoms with Crippen molar-refractivity contribution in [1.29, 1.82) is 0 Å². The van der Waals surface area contributed by atoms with Crippen molar-refractivity contribution >= 4 is 74.8 Å². The Morgan fingerprint density at radius 1 is 1.05 bits per heavy atom. The molecule has 39 heavy (non-hydrogen) atoms. The molecule has 0 saturated heterocycles. The molecule has 2 N–H and O–H groups in total. The maximum Gasteiger partial charge on any atom is 0.251 e. The van der Waals surface area contributed by atoms with Gasteiger partial charge in [-0.3, -0.25) is 9.59 Å². The Morgan fingerprint density at radius 2 is 1.79 bits per heavy atom. The molecule has 4 rings (SSSR count). The molecule has 2 aromatic carbocycles. The minimum absolute atomic E-state index is 0.0205. The Morgan fingerprint density at radius 3 is 2.46 bits per heavy atom. The second-order valence-corrected chi connectivity index (χ2v) is 11.8. The van der Waals surface area contributed by atoms with Crippen LogP contribution in [-0.4, -0.2) is 37.3 Å². The highest BCUT2D eigenvalue weighted by Gasteiger charge is 2.26. The number of halogens is 3. The Balaban J connectivity index is 1.41. The van der Waals surface area contributed by atoms with Gasteiger partial charge in [0, 0.05) is 28.1 Å². The van der Waals surface area contributed by atoms with Gasteiger partial charge in [-0.25, -0.2) is 4.98 Å². The van der Waals surface area contributed by atoms with E-state index in [0.717, 1.165) is 11.3 Å². The van der Waals surface area contributed by atoms with Crippen LogP contribution in [0.15, 0.2) is 53.0 Å². The lowest BCUT2D eigenvalue weighted by atomic mass is 10.0. The lowest BCUT2D eigenvalue weighted by molar-refractivity contribution is -0.113. The number of amides is 2. The van der Waals surface area contributed by atoms with Crippen LogP contribution in [0, 0.1) is 5.92 Å². The Kier molecular flexibility index (Phi) is 9.90. The number of thioether (sulfide) groups is 1. The molecule has 0 unspecified atom stereocenters. The van der Waals surface area contributed by atoms with E-state index in [1.165, 1.54) is 29.2 Å². The van der Waals surface area contributed by atoms with E-state index >= 15 is 0 Å². The molecule has 0 spiro atoms. The first-order valence-electron chi connectivity index (χ1n) is 12.0. The first-order chi connectivity index (χ1) is 18.7. The Bertz CT molecular complexity index is 1470. The molecule has 0 aliphatic rings. The second-order valence-electron chi connectivity index (χ2n) is 8.79. The maximum absolute atomic E-state index is 13.0. The zero-order valence-corrected chi connectivity index (χ0v) is 25.1. The van der Waals surface area contributed by atoms with E-state index in [1.54, 1.807) is 24.3 Å². The van der Waals surface area contributed by atoms with Crippen LogP contribution >= 0.6 is 57.9 Å². The molecule has 0 aliphatic heterocycles. The molecule has 8 nitrogen and oxygen atoms in total. The minimum atomic E-state index is -0.413. The summed E-state index contributed by atoms with van der Waals surface area (Å²) in [7, 11) is 0. The number of hydrogen-bond donors (Lipinski definition) is 2. The largest absolute Gasteiger partial charge is 0.342 e. The summed E-state index contributed by atoms with van der Waals surface area (Å²) in [6, 6.07) is 11.7. The number of nitrogens with one attached hydrogen (secondary N) is 2. The molecule has 0 saturated carbocycles. The number of nitrogens with zero attached hydrogens (tertiary/aromatic N) is 4. The predicted octanol–water partition coefficient (Wildman–Crippen LogP) is 7.24. The van der Waals surface area contributed by atoms with Crippen LogP contribution in [0.2, 0.25) is 15.1 Å². The van der Waals surface area contributed by atoms with Gasteiger partial charge in [0.25, 0.3) is 5.91 Å². The van der Waals surface area contributed by atoms with Crippen molar-refractivity contribution in [3.63, 3.8) is 0 Å². The number of carbonyl (C=O) groups is 2. The van der Waals surface area contributed by atoms with Crippen molar-refractivity contribution in [2.75, 3.05) is 11.1 Å². The van der Waals surface area contributed by atoms with Crippen molar-refractivity contribution in [3.05, 3.63) is 74.3 Å². The highest BCUT2D eigenvalue weighted by molar-refractivity contribution is 7.99. The molecule has 0 fully saturated rings. The molecule has 0 bridgehead atoms. The standard InChI is InChI=1S/C26H25Cl3N6O2S2/c1-4-35-23(22(14(2)3)32-24(37)16-7-10-18(28)19(29)11-16)33-34-26(35)39-13-21(36)31-25-30-20(12-38-25)15-5-8-17(27)9-6-15/h5-12,14,22H,4,13H2,1-3H3,(H,32,37)(H,30,31,36)/t22-/m1/s1. The number of thiazole rings is 1. The highest BCUT2D eigenvalue weighted by Crippen LogP contribution is 2.28. The topological polar surface area (TPSA) is 102 Å². The third kappa shape index (κ3) is 7.32. The summed E-state index contributed by atoms with van der Waals surface area (Å²) in [6.07, 6.45) is 0. The van der Waals surface area contributed by atoms with Crippen LogP contribution < -0.4 is 10.6 Å². The van der Waals surface area contributed by atoms with Crippen molar-refractivity contribution < 1.29 is 9.59 Å². The van der Waals surface area contributed by atoms with E-state index in [4.69, 9.17) is 34.8 Å². The summed E-state index contributed by atoms with van der Waals surface area (Å²) in [5.41, 5.74) is 2.07. The van der Waals surface area contributed by atoms with Crippen LogP contribution in [-0.2, 0) is 11.3 Å². The molecule has 2 amide bonds. The summed E-state index contributed by atoms with van der Waals surface area (Å²) >= 11 is 20.6. The second kappa shape index (κ2) is 13.1. The van der Waals surface area contributed by atoms with E-state index in [1.807, 2.05) is 42.9 Å². The predicted molar refractivity (Wildman–Crippen MR) is 159 cm³/mol. The molecular formula is C26H25Cl3N6O2S2. The first-order valence-corrected chi connectivity index (χ1v) is 15.0. The number of carbonyl (C=O) groups excluding carboxylic acids is 2. The summed E-state index contributed by atoms with van der Waals surface area (Å²) < 4.78 is 1.90. The zero-order valence-electron chi connectivity index (χ0n) is 21.2. The van der Waals surface area contributed by atoms with E-state index in [2.05, 4.69) is 25.8 Å². The highest BCUT2D eigenvalue weighted by atomic mass is 35.5. The van der Waals surface area contributed by atoms with Crippen LogP contribution in [0.1, 0.15) is 43.0 Å². The first kappa shape index (κ1) is 29.4. The lowest BCUT2D eigenvalue weighted by Crippen LogP contribution is -2.33.